The lowest BCUT2D eigenvalue weighted by atomic mass is 9.96. The minimum Gasteiger partial charge on any atom is -0.397 e. The average molecular weight is 402 g/mol. The van der Waals surface area contributed by atoms with Crippen LogP contribution in [0.5, 0.6) is 0 Å². The molecule has 3 nitrogen and oxygen atoms in total. The summed E-state index contributed by atoms with van der Waals surface area (Å²) in [6.45, 7) is 2.14. The average Bonchev–Trinajstić information content (AvgIpc) is 2.51. The molecule has 1 aliphatic rings. The SMILES string of the molecule is Br.Nc1ccc2c(c1N)CCN(Cc1ccc(C(F)(F)F)cc1)C2. The van der Waals surface area contributed by atoms with Gasteiger partial charge in [0.1, 0.15) is 0 Å². The quantitative estimate of drug-likeness (QED) is 0.747. The summed E-state index contributed by atoms with van der Waals surface area (Å²) < 4.78 is 37.7. The van der Waals surface area contributed by atoms with Crippen LogP contribution < -0.4 is 11.5 Å². The lowest BCUT2D eigenvalue weighted by molar-refractivity contribution is -0.137. The van der Waals surface area contributed by atoms with Crippen molar-refractivity contribution in [1.29, 1.82) is 0 Å². The van der Waals surface area contributed by atoms with E-state index in [1.54, 1.807) is 6.07 Å². The van der Waals surface area contributed by atoms with Crippen molar-refractivity contribution >= 4 is 28.4 Å². The predicted molar refractivity (Wildman–Crippen MR) is 94.9 cm³/mol. The molecule has 0 spiro atoms. The number of fused-ring (bicyclic) bond motifs is 1. The maximum Gasteiger partial charge on any atom is 0.416 e. The lowest BCUT2D eigenvalue weighted by Gasteiger charge is -2.30. The Hall–Kier alpha value is -1.73. The van der Waals surface area contributed by atoms with Crippen LogP contribution in [0.4, 0.5) is 24.5 Å². The second-order valence-corrected chi connectivity index (χ2v) is 5.86. The number of hydrogen-bond acceptors (Lipinski definition) is 3. The molecular weight excluding hydrogens is 383 g/mol. The van der Waals surface area contributed by atoms with E-state index in [4.69, 9.17) is 11.5 Å². The molecule has 2 aromatic carbocycles. The van der Waals surface area contributed by atoms with Crippen molar-refractivity contribution < 1.29 is 13.2 Å². The van der Waals surface area contributed by atoms with Gasteiger partial charge in [-0.2, -0.15) is 13.2 Å². The van der Waals surface area contributed by atoms with Gasteiger partial charge in [0.15, 0.2) is 0 Å². The number of halogens is 4. The van der Waals surface area contributed by atoms with E-state index in [-0.39, 0.29) is 17.0 Å². The van der Waals surface area contributed by atoms with Gasteiger partial charge < -0.3 is 11.5 Å². The van der Waals surface area contributed by atoms with Crippen molar-refractivity contribution in [2.45, 2.75) is 25.7 Å². The first-order chi connectivity index (χ1) is 10.8. The molecule has 24 heavy (non-hydrogen) atoms. The third-order valence-electron chi connectivity index (χ3n) is 4.25. The fourth-order valence-corrected chi connectivity index (χ4v) is 2.95. The van der Waals surface area contributed by atoms with Crippen LogP contribution in [0.1, 0.15) is 22.3 Å². The molecule has 0 unspecified atom stereocenters. The zero-order valence-electron chi connectivity index (χ0n) is 12.9. The fourth-order valence-electron chi connectivity index (χ4n) is 2.95. The molecule has 0 aromatic heterocycles. The van der Waals surface area contributed by atoms with Crippen LogP contribution in [-0.4, -0.2) is 11.4 Å². The first-order valence-corrected chi connectivity index (χ1v) is 7.39. The molecule has 0 bridgehead atoms. The van der Waals surface area contributed by atoms with Crippen molar-refractivity contribution in [1.82, 2.24) is 4.90 Å². The van der Waals surface area contributed by atoms with Gasteiger partial charge in [-0.3, -0.25) is 4.90 Å². The molecule has 0 amide bonds. The van der Waals surface area contributed by atoms with Gasteiger partial charge in [-0.15, -0.1) is 17.0 Å². The number of rotatable bonds is 2. The summed E-state index contributed by atoms with van der Waals surface area (Å²) >= 11 is 0. The highest BCUT2D eigenvalue weighted by Crippen LogP contribution is 2.31. The van der Waals surface area contributed by atoms with E-state index in [9.17, 15) is 13.2 Å². The van der Waals surface area contributed by atoms with E-state index < -0.39 is 11.7 Å². The number of nitrogens with two attached hydrogens (primary N) is 2. The van der Waals surface area contributed by atoms with Crippen molar-refractivity contribution in [2.75, 3.05) is 18.0 Å². The largest absolute Gasteiger partial charge is 0.416 e. The van der Waals surface area contributed by atoms with Crippen LogP contribution in [-0.2, 0) is 25.7 Å². The van der Waals surface area contributed by atoms with E-state index in [1.165, 1.54) is 12.1 Å². The molecule has 0 aliphatic carbocycles. The smallest absolute Gasteiger partial charge is 0.397 e. The summed E-state index contributed by atoms with van der Waals surface area (Å²) in [4.78, 5) is 2.19. The summed E-state index contributed by atoms with van der Waals surface area (Å²) in [6, 6.07) is 9.11. The second-order valence-electron chi connectivity index (χ2n) is 5.86. The van der Waals surface area contributed by atoms with Crippen LogP contribution in [0, 0.1) is 0 Å². The van der Waals surface area contributed by atoms with Crippen LogP contribution in [0.3, 0.4) is 0 Å². The predicted octanol–water partition coefficient (Wildman–Crippen LogP) is 4.01. The highest BCUT2D eigenvalue weighted by atomic mass is 79.9. The molecular formula is C17H19BrF3N3. The van der Waals surface area contributed by atoms with Crippen LogP contribution >= 0.6 is 17.0 Å². The second kappa shape index (κ2) is 7.03. The van der Waals surface area contributed by atoms with Gasteiger partial charge in [0.05, 0.1) is 16.9 Å². The molecule has 130 valence electrons. The maximum atomic E-state index is 12.6. The Balaban J connectivity index is 0.00000208. The van der Waals surface area contributed by atoms with Crippen molar-refractivity contribution in [3.8, 4) is 0 Å². The molecule has 0 fully saturated rings. The first-order valence-electron chi connectivity index (χ1n) is 7.39. The van der Waals surface area contributed by atoms with Gasteiger partial charge >= 0.3 is 6.18 Å². The van der Waals surface area contributed by atoms with E-state index in [0.29, 0.717) is 17.9 Å². The molecule has 1 aliphatic heterocycles. The molecule has 0 saturated heterocycles. The van der Waals surface area contributed by atoms with Crippen molar-refractivity contribution in [2.24, 2.45) is 0 Å². The molecule has 3 rings (SSSR count). The Morgan fingerprint density at radius 1 is 1.00 bits per heavy atom. The third kappa shape index (κ3) is 3.84. The monoisotopic (exact) mass is 401 g/mol. The number of nitrogen functional groups attached to an aromatic ring is 2. The molecule has 7 heteroatoms. The van der Waals surface area contributed by atoms with Crippen LogP contribution in [0.25, 0.3) is 0 Å². The van der Waals surface area contributed by atoms with Crippen molar-refractivity contribution in [3.05, 3.63) is 58.7 Å². The molecule has 2 aromatic rings. The molecule has 0 saturated carbocycles. The van der Waals surface area contributed by atoms with Gasteiger partial charge in [-0.25, -0.2) is 0 Å². The summed E-state index contributed by atoms with van der Waals surface area (Å²) in [7, 11) is 0. The maximum absolute atomic E-state index is 12.6. The Morgan fingerprint density at radius 3 is 2.29 bits per heavy atom. The third-order valence-corrected chi connectivity index (χ3v) is 4.25. The summed E-state index contributed by atoms with van der Waals surface area (Å²) in [5.74, 6) is 0. The number of hydrogen-bond donors (Lipinski definition) is 2. The first kappa shape index (κ1) is 18.6. The lowest BCUT2D eigenvalue weighted by Crippen LogP contribution is -2.30. The Labute approximate surface area is 149 Å². The van der Waals surface area contributed by atoms with Gasteiger partial charge in [-0.1, -0.05) is 18.2 Å². The van der Waals surface area contributed by atoms with E-state index in [2.05, 4.69) is 4.90 Å². The summed E-state index contributed by atoms with van der Waals surface area (Å²) in [6.07, 6.45) is -3.49. The number of anilines is 2. The van der Waals surface area contributed by atoms with Gasteiger partial charge in [-0.05, 0) is 41.3 Å². The Kier molecular flexibility index (Phi) is 5.45. The zero-order valence-corrected chi connectivity index (χ0v) is 14.6. The zero-order chi connectivity index (χ0) is 16.6. The minimum atomic E-state index is -4.29. The fraction of sp³-hybridized carbons (Fsp3) is 0.294. The van der Waals surface area contributed by atoms with E-state index in [0.717, 1.165) is 48.3 Å². The standard InChI is InChI=1S/C17H18F3N3.BrH/c18-17(19,20)13-4-1-11(2-5-13)9-23-8-7-14-12(10-23)3-6-15(21)16(14)22;/h1-6H,7-10,21-22H2;1H. The summed E-state index contributed by atoms with van der Waals surface area (Å²) in [5, 5.41) is 0. The molecule has 1 heterocycles. The normalized spacial score (nSPS) is 14.8. The molecule has 4 N–H and O–H groups in total. The van der Waals surface area contributed by atoms with Crippen molar-refractivity contribution in [3.63, 3.8) is 0 Å². The number of alkyl halides is 3. The minimum absolute atomic E-state index is 0. The summed E-state index contributed by atoms with van der Waals surface area (Å²) in [5.41, 5.74) is 15.6. The highest BCUT2D eigenvalue weighted by Gasteiger charge is 2.30. The van der Waals surface area contributed by atoms with E-state index >= 15 is 0 Å². The topological polar surface area (TPSA) is 55.3 Å². The van der Waals surface area contributed by atoms with Crippen LogP contribution in [0.15, 0.2) is 36.4 Å². The van der Waals surface area contributed by atoms with Gasteiger partial charge in [0.25, 0.3) is 0 Å². The Bertz CT molecular complexity index is 714. The Morgan fingerprint density at radius 2 is 1.67 bits per heavy atom. The number of benzene rings is 2. The van der Waals surface area contributed by atoms with Gasteiger partial charge in [0, 0.05) is 19.6 Å². The van der Waals surface area contributed by atoms with E-state index in [1.807, 2.05) is 6.07 Å². The molecule has 0 atom stereocenters. The van der Waals surface area contributed by atoms with Gasteiger partial charge in [0.2, 0.25) is 0 Å². The number of nitrogens with zero attached hydrogens (tertiary/aromatic N) is 1. The highest BCUT2D eigenvalue weighted by molar-refractivity contribution is 8.93. The molecule has 0 radical (unpaired) electrons. The van der Waals surface area contributed by atoms with Crippen LogP contribution in [0.2, 0.25) is 0 Å².